The standard InChI is InChI=1S/C33H28N4O3S/c1-2-29(41-31-25(21-34)18-19-27(35-31)24-14-8-4-9-15-24)33(40)36(22-23-12-6-3-7-13-23)28-20-30(38)37(32(28)39)26-16-10-5-11-17-26/h3-19,28-29H,2,20,22H2,1H3. The lowest BCUT2D eigenvalue weighted by molar-refractivity contribution is -0.138. The fourth-order valence-corrected chi connectivity index (χ4v) is 5.91. The van der Waals surface area contributed by atoms with Gasteiger partial charge in [0.2, 0.25) is 11.8 Å². The summed E-state index contributed by atoms with van der Waals surface area (Å²) >= 11 is 1.22. The van der Waals surface area contributed by atoms with E-state index in [2.05, 4.69) is 6.07 Å². The lowest BCUT2D eigenvalue weighted by atomic mass is 10.1. The zero-order valence-electron chi connectivity index (χ0n) is 22.5. The van der Waals surface area contributed by atoms with E-state index in [0.717, 1.165) is 11.1 Å². The van der Waals surface area contributed by atoms with Crippen molar-refractivity contribution < 1.29 is 14.4 Å². The third-order valence-corrected chi connectivity index (χ3v) is 8.30. The molecule has 1 saturated heterocycles. The Kier molecular flexibility index (Phi) is 8.56. The van der Waals surface area contributed by atoms with Gasteiger partial charge in [-0.15, -0.1) is 0 Å². The summed E-state index contributed by atoms with van der Waals surface area (Å²) < 4.78 is 0. The second-order valence-corrected chi connectivity index (χ2v) is 10.8. The number of benzene rings is 3. The number of amides is 3. The Morgan fingerprint density at radius 1 is 0.976 bits per heavy atom. The summed E-state index contributed by atoms with van der Waals surface area (Å²) in [5.41, 5.74) is 3.31. The van der Waals surface area contributed by atoms with E-state index in [1.54, 1.807) is 36.4 Å². The molecule has 0 N–H and O–H groups in total. The molecule has 1 aliphatic rings. The number of nitriles is 1. The Morgan fingerprint density at radius 2 is 1.61 bits per heavy atom. The molecule has 41 heavy (non-hydrogen) atoms. The Hall–Kier alpha value is -4.74. The van der Waals surface area contributed by atoms with Gasteiger partial charge in [-0.3, -0.25) is 14.4 Å². The van der Waals surface area contributed by atoms with Crippen molar-refractivity contribution in [2.75, 3.05) is 4.90 Å². The van der Waals surface area contributed by atoms with Crippen LogP contribution in [0.4, 0.5) is 5.69 Å². The molecule has 1 aliphatic heterocycles. The monoisotopic (exact) mass is 560 g/mol. The van der Waals surface area contributed by atoms with Gasteiger partial charge in [0.15, 0.2) is 0 Å². The van der Waals surface area contributed by atoms with Crippen LogP contribution >= 0.6 is 11.8 Å². The Labute approximate surface area is 243 Å². The number of pyridine rings is 1. The minimum absolute atomic E-state index is 0.0986. The van der Waals surface area contributed by atoms with Gasteiger partial charge in [-0.25, -0.2) is 9.88 Å². The predicted molar refractivity (Wildman–Crippen MR) is 159 cm³/mol. The van der Waals surface area contributed by atoms with E-state index in [1.165, 1.54) is 21.6 Å². The van der Waals surface area contributed by atoms with Gasteiger partial charge in [-0.05, 0) is 36.2 Å². The van der Waals surface area contributed by atoms with Crippen LogP contribution in [0, 0.1) is 11.3 Å². The van der Waals surface area contributed by atoms with Gasteiger partial charge in [0.25, 0.3) is 5.91 Å². The number of carbonyl (C=O) groups is 3. The van der Waals surface area contributed by atoms with Gasteiger partial charge < -0.3 is 4.90 Å². The average Bonchev–Trinajstić information content (AvgIpc) is 3.32. The highest BCUT2D eigenvalue weighted by Gasteiger charge is 2.45. The third-order valence-electron chi connectivity index (χ3n) is 6.94. The Bertz CT molecular complexity index is 1590. The molecule has 3 amide bonds. The van der Waals surface area contributed by atoms with Crippen LogP contribution in [0.3, 0.4) is 0 Å². The van der Waals surface area contributed by atoms with Gasteiger partial charge in [0.05, 0.1) is 28.6 Å². The van der Waals surface area contributed by atoms with Gasteiger partial charge in [0, 0.05) is 12.1 Å². The molecule has 2 atom stereocenters. The Morgan fingerprint density at radius 3 is 2.24 bits per heavy atom. The van der Waals surface area contributed by atoms with Crippen molar-refractivity contribution >= 4 is 35.2 Å². The molecule has 204 valence electrons. The summed E-state index contributed by atoms with van der Waals surface area (Å²) in [6, 6.07) is 32.6. The fourth-order valence-electron chi connectivity index (χ4n) is 4.84. The highest BCUT2D eigenvalue weighted by Crippen LogP contribution is 2.33. The third kappa shape index (κ3) is 6.06. The summed E-state index contributed by atoms with van der Waals surface area (Å²) in [6.07, 6.45) is 0.340. The van der Waals surface area contributed by atoms with Crippen LogP contribution in [0.25, 0.3) is 11.3 Å². The summed E-state index contributed by atoms with van der Waals surface area (Å²) in [5.74, 6) is -1.05. The summed E-state index contributed by atoms with van der Waals surface area (Å²) in [4.78, 5) is 48.4. The van der Waals surface area contributed by atoms with Crippen molar-refractivity contribution in [3.8, 4) is 17.3 Å². The van der Waals surface area contributed by atoms with E-state index in [9.17, 15) is 19.6 Å². The topological polar surface area (TPSA) is 94.4 Å². The number of thioether (sulfide) groups is 1. The van der Waals surface area contributed by atoms with Crippen molar-refractivity contribution in [3.05, 3.63) is 114 Å². The molecule has 2 heterocycles. The first kappa shape index (κ1) is 27.8. The summed E-state index contributed by atoms with van der Waals surface area (Å²) in [5, 5.41) is 9.62. The number of nitrogens with zero attached hydrogens (tertiary/aromatic N) is 4. The number of anilines is 1. The SMILES string of the molecule is CCC(Sc1nc(-c2ccccc2)ccc1C#N)C(=O)N(Cc1ccccc1)C1CC(=O)N(c2ccccc2)C1=O. The zero-order valence-corrected chi connectivity index (χ0v) is 23.3. The second kappa shape index (κ2) is 12.6. The zero-order chi connectivity index (χ0) is 28.8. The van der Waals surface area contributed by atoms with E-state index in [-0.39, 0.29) is 24.8 Å². The Balaban J connectivity index is 1.47. The molecular weight excluding hydrogens is 532 g/mol. The maximum absolute atomic E-state index is 14.2. The van der Waals surface area contributed by atoms with Crippen molar-refractivity contribution in [3.63, 3.8) is 0 Å². The molecule has 0 spiro atoms. The van der Waals surface area contributed by atoms with E-state index >= 15 is 0 Å². The molecule has 0 radical (unpaired) electrons. The number of hydrogen-bond donors (Lipinski definition) is 0. The van der Waals surface area contributed by atoms with Crippen LogP contribution < -0.4 is 4.90 Å². The highest BCUT2D eigenvalue weighted by atomic mass is 32.2. The summed E-state index contributed by atoms with van der Waals surface area (Å²) in [6.45, 7) is 2.06. The van der Waals surface area contributed by atoms with Crippen LogP contribution in [-0.4, -0.2) is 38.9 Å². The van der Waals surface area contributed by atoms with Crippen LogP contribution in [0.2, 0.25) is 0 Å². The van der Waals surface area contributed by atoms with Gasteiger partial charge >= 0.3 is 0 Å². The number of aromatic nitrogens is 1. The number of imide groups is 1. The lowest BCUT2D eigenvalue weighted by Gasteiger charge is -2.31. The molecule has 2 unspecified atom stereocenters. The first-order chi connectivity index (χ1) is 20.0. The van der Waals surface area contributed by atoms with E-state index < -0.39 is 17.2 Å². The van der Waals surface area contributed by atoms with Gasteiger partial charge in [-0.2, -0.15) is 5.26 Å². The molecule has 3 aromatic carbocycles. The smallest absolute Gasteiger partial charge is 0.257 e. The average molecular weight is 561 g/mol. The number of carbonyl (C=O) groups excluding carboxylic acids is 3. The van der Waals surface area contributed by atoms with Crippen molar-refractivity contribution in [1.29, 1.82) is 5.26 Å². The quantitative estimate of drug-likeness (QED) is 0.188. The minimum atomic E-state index is -0.941. The van der Waals surface area contributed by atoms with E-state index in [4.69, 9.17) is 4.98 Å². The van der Waals surface area contributed by atoms with Crippen LogP contribution in [0.15, 0.2) is 108 Å². The van der Waals surface area contributed by atoms with Gasteiger partial charge in [0.1, 0.15) is 17.1 Å². The second-order valence-electron chi connectivity index (χ2n) is 9.62. The van der Waals surface area contributed by atoms with Crippen LogP contribution in [-0.2, 0) is 20.9 Å². The molecule has 5 rings (SSSR count). The minimum Gasteiger partial charge on any atom is -0.325 e. The van der Waals surface area contributed by atoms with Gasteiger partial charge in [-0.1, -0.05) is 97.5 Å². The maximum atomic E-state index is 14.2. The first-order valence-corrected chi connectivity index (χ1v) is 14.3. The molecule has 1 aromatic heterocycles. The normalized spacial score (nSPS) is 15.4. The molecule has 0 aliphatic carbocycles. The number of para-hydroxylation sites is 1. The number of rotatable bonds is 9. The number of hydrogen-bond acceptors (Lipinski definition) is 6. The largest absolute Gasteiger partial charge is 0.325 e. The lowest BCUT2D eigenvalue weighted by Crippen LogP contribution is -2.48. The van der Waals surface area contributed by atoms with E-state index in [0.29, 0.717) is 28.4 Å². The fraction of sp³-hybridized carbons (Fsp3) is 0.182. The van der Waals surface area contributed by atoms with Crippen molar-refractivity contribution in [2.24, 2.45) is 0 Å². The predicted octanol–water partition coefficient (Wildman–Crippen LogP) is 5.85. The molecule has 7 nitrogen and oxygen atoms in total. The highest BCUT2D eigenvalue weighted by molar-refractivity contribution is 8.00. The van der Waals surface area contributed by atoms with E-state index in [1.807, 2.05) is 73.7 Å². The maximum Gasteiger partial charge on any atom is 0.257 e. The summed E-state index contributed by atoms with van der Waals surface area (Å²) in [7, 11) is 0. The van der Waals surface area contributed by atoms with Crippen LogP contribution in [0.5, 0.6) is 0 Å². The molecule has 0 saturated carbocycles. The first-order valence-electron chi connectivity index (χ1n) is 13.4. The molecule has 0 bridgehead atoms. The molecule has 4 aromatic rings. The molecular formula is C33H28N4O3S. The van der Waals surface area contributed by atoms with Crippen LogP contribution in [0.1, 0.15) is 30.9 Å². The molecule has 8 heteroatoms. The molecule has 1 fully saturated rings. The van der Waals surface area contributed by atoms with Crippen molar-refractivity contribution in [2.45, 2.75) is 42.6 Å². The van der Waals surface area contributed by atoms with Crippen molar-refractivity contribution in [1.82, 2.24) is 9.88 Å².